The number of fused-ring (bicyclic) bond motifs is 1. The van der Waals surface area contributed by atoms with Gasteiger partial charge in [-0.3, -0.25) is 4.98 Å². The van der Waals surface area contributed by atoms with Gasteiger partial charge in [-0.15, -0.1) is 0 Å². The van der Waals surface area contributed by atoms with Crippen molar-refractivity contribution in [2.45, 2.75) is 90.0 Å². The van der Waals surface area contributed by atoms with Crippen molar-refractivity contribution in [2.75, 3.05) is 18.0 Å². The minimum Gasteiger partial charge on any atom is -0.444 e. The Balaban J connectivity index is 1.65. The largest absolute Gasteiger partial charge is 0.444 e. The number of carbonyl (C=O) groups is 2. The summed E-state index contributed by atoms with van der Waals surface area (Å²) >= 11 is 0. The number of alkyl halides is 2. The number of carbonyl (C=O) groups excluding carboxylic acids is 2. The number of aliphatic hydroxyl groups excluding tert-OH is 1. The van der Waals surface area contributed by atoms with Crippen LogP contribution in [0.15, 0.2) is 30.7 Å². The van der Waals surface area contributed by atoms with Gasteiger partial charge in [0.15, 0.2) is 28.6 Å². The Morgan fingerprint density at radius 3 is 2.42 bits per heavy atom. The van der Waals surface area contributed by atoms with Crippen LogP contribution in [0.25, 0.3) is 22.4 Å². The van der Waals surface area contributed by atoms with Crippen LogP contribution >= 0.6 is 0 Å². The van der Waals surface area contributed by atoms with Gasteiger partial charge < -0.3 is 35.1 Å². The van der Waals surface area contributed by atoms with Gasteiger partial charge in [0, 0.05) is 24.1 Å². The minimum atomic E-state index is -3.24. The van der Waals surface area contributed by atoms with Crippen molar-refractivity contribution >= 4 is 29.0 Å². The van der Waals surface area contributed by atoms with Gasteiger partial charge in [-0.2, -0.15) is 4.98 Å². The summed E-state index contributed by atoms with van der Waals surface area (Å²) in [6, 6.07) is 3.19. The summed E-state index contributed by atoms with van der Waals surface area (Å²) in [5, 5.41) is 13.3. The molecular formula is C34H39F5N8O5. The molecule has 0 radical (unpaired) electrons. The molecule has 0 saturated carbocycles. The molecule has 5 rings (SSSR count). The smallest absolute Gasteiger partial charge is 0.411 e. The number of amides is 2. The number of pyridine rings is 1. The summed E-state index contributed by atoms with van der Waals surface area (Å²) < 4.78 is 83.6. The molecule has 52 heavy (non-hydrogen) atoms. The molecule has 4 aromatic rings. The third kappa shape index (κ3) is 8.00. The third-order valence-corrected chi connectivity index (χ3v) is 8.34. The van der Waals surface area contributed by atoms with Crippen LogP contribution in [0.5, 0.6) is 5.88 Å². The van der Waals surface area contributed by atoms with Crippen LogP contribution in [-0.4, -0.2) is 78.6 Å². The molecule has 4 N–H and O–H groups in total. The average Bonchev–Trinajstić information content (AvgIpc) is 3.44. The maximum absolute atomic E-state index is 15.0. The van der Waals surface area contributed by atoms with Crippen LogP contribution in [0, 0.1) is 17.5 Å². The highest BCUT2D eigenvalue weighted by Gasteiger charge is 2.48. The SMILES string of the molecule is CC(C)(C)OC(=O)NC1(C(O)C(F)F)CCCN(c2cnc(-c3ccc(F)c(F)c3F)cc2Cn2cnc3c(OC(N)=O)nc(C(C)(C)C)nc32)C1. The van der Waals surface area contributed by atoms with Crippen molar-refractivity contribution < 1.29 is 46.1 Å². The van der Waals surface area contributed by atoms with Crippen LogP contribution in [0.1, 0.15) is 65.8 Å². The Hall–Kier alpha value is -5.13. The number of nitrogens with one attached hydrogen (secondary N) is 1. The molecule has 1 saturated heterocycles. The number of rotatable bonds is 8. The fraction of sp³-hybridized carbons (Fsp3) is 0.471. The quantitative estimate of drug-likeness (QED) is 0.153. The van der Waals surface area contributed by atoms with Crippen molar-refractivity contribution in [3.8, 4) is 17.1 Å². The van der Waals surface area contributed by atoms with E-state index in [0.717, 1.165) is 12.1 Å². The molecular weight excluding hydrogens is 695 g/mol. The second kappa shape index (κ2) is 14.1. The van der Waals surface area contributed by atoms with Crippen LogP contribution in [-0.2, 0) is 16.7 Å². The lowest BCUT2D eigenvalue weighted by Gasteiger charge is -2.46. The number of benzene rings is 1. The summed E-state index contributed by atoms with van der Waals surface area (Å²) in [5.41, 5.74) is 2.29. The second-order valence-corrected chi connectivity index (χ2v) is 14.6. The molecule has 2 atom stereocenters. The first-order valence-corrected chi connectivity index (χ1v) is 16.2. The first kappa shape index (κ1) is 38.1. The molecule has 1 aliphatic rings. The number of anilines is 1. The number of alkyl carbamates (subject to hydrolysis) is 1. The third-order valence-electron chi connectivity index (χ3n) is 8.34. The topological polar surface area (TPSA) is 171 Å². The molecule has 1 aliphatic heterocycles. The Kier molecular flexibility index (Phi) is 10.3. The van der Waals surface area contributed by atoms with Gasteiger partial charge in [0.1, 0.15) is 17.5 Å². The van der Waals surface area contributed by atoms with E-state index in [-0.39, 0.29) is 66.6 Å². The van der Waals surface area contributed by atoms with E-state index >= 15 is 4.39 Å². The van der Waals surface area contributed by atoms with E-state index in [1.54, 1.807) is 30.2 Å². The van der Waals surface area contributed by atoms with E-state index in [4.69, 9.17) is 15.2 Å². The Morgan fingerprint density at radius 1 is 1.08 bits per heavy atom. The maximum Gasteiger partial charge on any atom is 0.411 e. The number of halogens is 5. The number of aromatic nitrogens is 5. The molecule has 18 heteroatoms. The molecule has 280 valence electrons. The summed E-state index contributed by atoms with van der Waals surface area (Å²) in [5.74, 6) is -4.50. The lowest BCUT2D eigenvalue weighted by Crippen LogP contribution is -2.67. The van der Waals surface area contributed by atoms with E-state index in [1.165, 1.54) is 18.6 Å². The number of ether oxygens (including phenoxy) is 2. The van der Waals surface area contributed by atoms with Crippen LogP contribution in [0.4, 0.5) is 37.2 Å². The number of hydrogen-bond acceptors (Lipinski definition) is 10. The molecule has 0 spiro atoms. The van der Waals surface area contributed by atoms with Gasteiger partial charge in [0.25, 0.3) is 12.3 Å². The molecule has 2 amide bonds. The molecule has 1 fully saturated rings. The molecule has 2 unspecified atom stereocenters. The van der Waals surface area contributed by atoms with Crippen LogP contribution in [0.2, 0.25) is 0 Å². The molecule has 0 aliphatic carbocycles. The van der Waals surface area contributed by atoms with Crippen molar-refractivity contribution in [3.05, 3.63) is 59.6 Å². The van der Waals surface area contributed by atoms with Gasteiger partial charge >= 0.3 is 12.2 Å². The normalized spacial score (nSPS) is 17.4. The molecule has 1 aromatic carbocycles. The number of imidazole rings is 1. The molecule has 4 heterocycles. The summed E-state index contributed by atoms with van der Waals surface area (Å²) in [6.07, 6.45) is -4.82. The highest BCUT2D eigenvalue weighted by molar-refractivity contribution is 5.80. The monoisotopic (exact) mass is 734 g/mol. The number of nitrogens with two attached hydrogens (primary N) is 1. The van der Waals surface area contributed by atoms with Gasteiger partial charge in [-0.05, 0) is 57.4 Å². The lowest BCUT2D eigenvalue weighted by molar-refractivity contribution is -0.0664. The molecule has 0 bridgehead atoms. The number of piperidine rings is 1. The van der Waals surface area contributed by atoms with Gasteiger partial charge in [-0.25, -0.2) is 41.5 Å². The maximum atomic E-state index is 15.0. The number of primary amides is 1. The number of hydrogen-bond donors (Lipinski definition) is 3. The number of aliphatic hydroxyl groups is 1. The molecule has 13 nitrogen and oxygen atoms in total. The first-order chi connectivity index (χ1) is 24.2. The Labute approximate surface area is 295 Å². The highest BCUT2D eigenvalue weighted by Crippen LogP contribution is 2.36. The summed E-state index contributed by atoms with van der Waals surface area (Å²) in [4.78, 5) is 43.9. The van der Waals surface area contributed by atoms with Gasteiger partial charge in [0.05, 0.1) is 36.0 Å². The van der Waals surface area contributed by atoms with E-state index in [1.807, 2.05) is 20.8 Å². The standard InChI is InChI=1S/C34H39F5N8O5/c1-32(2,3)29-43-27-24(28(44-29)51-30(40)49)42-16-47(27)14-17-12-20(18-8-9-19(35)23(37)22(18)36)41-13-21(17)46-11-7-10-34(15-46,25(48)26(38)39)45-31(50)52-33(4,5)6/h8-9,12-13,16,25-26,48H,7,10-11,14-15H2,1-6H3,(H2,40,49)(H,45,50). The summed E-state index contributed by atoms with van der Waals surface area (Å²) in [6.45, 7) is 10.1. The fourth-order valence-electron chi connectivity index (χ4n) is 5.95. The average molecular weight is 735 g/mol. The lowest BCUT2D eigenvalue weighted by atomic mass is 9.83. The fourth-order valence-corrected chi connectivity index (χ4v) is 5.95. The predicted molar refractivity (Wildman–Crippen MR) is 178 cm³/mol. The minimum absolute atomic E-state index is 0.0313. The van der Waals surface area contributed by atoms with Crippen molar-refractivity contribution in [3.63, 3.8) is 0 Å². The van der Waals surface area contributed by atoms with Crippen molar-refractivity contribution in [1.82, 2.24) is 29.8 Å². The van der Waals surface area contributed by atoms with E-state index in [9.17, 15) is 32.3 Å². The zero-order chi connectivity index (χ0) is 38.3. The van der Waals surface area contributed by atoms with Crippen molar-refractivity contribution in [1.29, 1.82) is 0 Å². The van der Waals surface area contributed by atoms with E-state index in [2.05, 4.69) is 25.3 Å². The van der Waals surface area contributed by atoms with Crippen molar-refractivity contribution in [2.24, 2.45) is 5.73 Å². The zero-order valence-electron chi connectivity index (χ0n) is 29.3. The Bertz CT molecular complexity index is 2000. The predicted octanol–water partition coefficient (Wildman–Crippen LogP) is 5.60. The van der Waals surface area contributed by atoms with Crippen LogP contribution in [0.3, 0.4) is 0 Å². The van der Waals surface area contributed by atoms with E-state index in [0.29, 0.717) is 11.3 Å². The van der Waals surface area contributed by atoms with E-state index < -0.39 is 58.7 Å². The summed E-state index contributed by atoms with van der Waals surface area (Å²) in [7, 11) is 0. The van der Waals surface area contributed by atoms with Crippen LogP contribution < -0.4 is 20.7 Å². The Morgan fingerprint density at radius 2 is 1.79 bits per heavy atom. The highest BCUT2D eigenvalue weighted by atomic mass is 19.3. The van der Waals surface area contributed by atoms with Gasteiger partial charge in [-0.1, -0.05) is 20.8 Å². The van der Waals surface area contributed by atoms with Gasteiger partial charge in [0.2, 0.25) is 0 Å². The number of nitrogens with zero attached hydrogens (tertiary/aromatic N) is 6. The molecule has 3 aromatic heterocycles. The zero-order valence-corrected chi connectivity index (χ0v) is 29.3. The second-order valence-electron chi connectivity index (χ2n) is 14.6. The first-order valence-electron chi connectivity index (χ1n) is 16.2.